The van der Waals surface area contributed by atoms with Gasteiger partial charge in [0, 0.05) is 12.2 Å². The van der Waals surface area contributed by atoms with Crippen LogP contribution in [-0.2, 0) is 12.6 Å². The number of benzene rings is 1. The molecule has 1 aliphatic carbocycles. The third-order valence-corrected chi connectivity index (χ3v) is 4.06. The molecule has 0 aliphatic heterocycles. The summed E-state index contributed by atoms with van der Waals surface area (Å²) in [5, 5.41) is 2.92. The number of halogens is 3. The monoisotopic (exact) mass is 322 g/mol. The van der Waals surface area contributed by atoms with Crippen LogP contribution in [0.1, 0.15) is 45.6 Å². The fraction of sp³-hybridized carbons (Fsp3) is 0.353. The van der Waals surface area contributed by atoms with Crippen LogP contribution in [0.5, 0.6) is 0 Å². The lowest BCUT2D eigenvalue weighted by atomic mass is 10.0. The van der Waals surface area contributed by atoms with Crippen LogP contribution >= 0.6 is 0 Å². The fourth-order valence-corrected chi connectivity index (χ4v) is 2.47. The Morgan fingerprint density at radius 1 is 1.26 bits per heavy atom. The Morgan fingerprint density at radius 2 is 1.91 bits per heavy atom. The van der Waals surface area contributed by atoms with E-state index in [0.29, 0.717) is 12.1 Å². The Balaban J connectivity index is 1.73. The maximum Gasteiger partial charge on any atom is 0.416 e. The molecule has 0 bridgehead atoms. The number of hydrogen-bond donors (Lipinski definition) is 2. The maximum atomic E-state index is 12.6. The van der Waals surface area contributed by atoms with Crippen molar-refractivity contribution >= 4 is 5.91 Å². The normalized spacial score (nSPS) is 14.8. The second-order valence-corrected chi connectivity index (χ2v) is 5.93. The first-order chi connectivity index (χ1) is 10.8. The largest absolute Gasteiger partial charge is 0.416 e. The molecule has 1 aromatic heterocycles. The van der Waals surface area contributed by atoms with Crippen LogP contribution in [0.3, 0.4) is 0 Å². The second-order valence-electron chi connectivity index (χ2n) is 5.93. The van der Waals surface area contributed by atoms with Gasteiger partial charge >= 0.3 is 6.18 Å². The van der Waals surface area contributed by atoms with Crippen molar-refractivity contribution in [3.05, 3.63) is 58.4 Å². The lowest BCUT2D eigenvalue weighted by Gasteiger charge is -2.08. The van der Waals surface area contributed by atoms with Gasteiger partial charge in [-0.1, -0.05) is 12.1 Å². The third kappa shape index (κ3) is 3.57. The smallest absolute Gasteiger partial charge is 0.357 e. The highest BCUT2D eigenvalue weighted by Crippen LogP contribution is 2.29. The van der Waals surface area contributed by atoms with Crippen LogP contribution in [0.2, 0.25) is 0 Å². The number of rotatable bonds is 4. The van der Waals surface area contributed by atoms with Gasteiger partial charge in [0.25, 0.3) is 5.91 Å². The highest BCUT2D eigenvalue weighted by atomic mass is 19.4. The summed E-state index contributed by atoms with van der Waals surface area (Å²) in [7, 11) is 0. The minimum atomic E-state index is -4.32. The van der Waals surface area contributed by atoms with Crippen LogP contribution in [0.25, 0.3) is 0 Å². The predicted octanol–water partition coefficient (Wildman–Crippen LogP) is 3.82. The summed E-state index contributed by atoms with van der Waals surface area (Å²) in [6.07, 6.45) is -0.0591. The van der Waals surface area contributed by atoms with Gasteiger partial charge in [-0.05, 0) is 55.0 Å². The molecule has 3 nitrogen and oxygen atoms in total. The Kier molecular flexibility index (Phi) is 3.92. The van der Waals surface area contributed by atoms with E-state index in [-0.39, 0.29) is 11.9 Å². The quantitative estimate of drug-likeness (QED) is 0.883. The van der Waals surface area contributed by atoms with Crippen LogP contribution in [0, 0.1) is 6.92 Å². The van der Waals surface area contributed by atoms with Crippen LogP contribution in [0.4, 0.5) is 13.2 Å². The van der Waals surface area contributed by atoms with Crippen LogP contribution in [0.15, 0.2) is 30.5 Å². The molecule has 1 heterocycles. The molecule has 2 aromatic rings. The lowest BCUT2D eigenvalue weighted by Crippen LogP contribution is -2.26. The number of aromatic amines is 1. The first-order valence-corrected chi connectivity index (χ1v) is 7.48. The van der Waals surface area contributed by atoms with Gasteiger partial charge in [-0.15, -0.1) is 0 Å². The number of H-pyrrole nitrogens is 1. The second kappa shape index (κ2) is 5.76. The highest BCUT2D eigenvalue weighted by Gasteiger charge is 2.30. The molecule has 122 valence electrons. The Labute approximate surface area is 131 Å². The molecule has 2 N–H and O–H groups in total. The number of hydrogen-bond acceptors (Lipinski definition) is 1. The first kappa shape index (κ1) is 15.6. The molecule has 0 atom stereocenters. The van der Waals surface area contributed by atoms with Crippen molar-refractivity contribution in [1.29, 1.82) is 0 Å². The molecule has 0 unspecified atom stereocenters. The van der Waals surface area contributed by atoms with Crippen LogP contribution < -0.4 is 5.32 Å². The first-order valence-electron chi connectivity index (χ1n) is 7.48. The van der Waals surface area contributed by atoms with E-state index in [4.69, 9.17) is 0 Å². The van der Waals surface area contributed by atoms with E-state index in [2.05, 4.69) is 10.3 Å². The zero-order valence-electron chi connectivity index (χ0n) is 12.6. The van der Waals surface area contributed by atoms with Crippen molar-refractivity contribution in [1.82, 2.24) is 10.3 Å². The molecule has 23 heavy (non-hydrogen) atoms. The summed E-state index contributed by atoms with van der Waals surface area (Å²) in [5.41, 5.74) is 2.39. The van der Waals surface area contributed by atoms with Crippen molar-refractivity contribution in [3.63, 3.8) is 0 Å². The molecule has 3 rings (SSSR count). The maximum absolute atomic E-state index is 12.6. The molecule has 1 aromatic carbocycles. The predicted molar refractivity (Wildman–Crippen MR) is 80.3 cm³/mol. The molecular weight excluding hydrogens is 305 g/mol. The van der Waals surface area contributed by atoms with E-state index in [0.717, 1.165) is 41.7 Å². The standard InChI is InChI=1S/C17H17F3N2O/c1-10-12(9-21-15(10)16(23)22-14-6-7-14)8-11-2-4-13(5-3-11)17(18,19)20/h2-5,9,14,21H,6-8H2,1H3,(H,22,23). The number of carbonyl (C=O) groups excluding carboxylic acids is 1. The summed E-state index contributed by atoms with van der Waals surface area (Å²) < 4.78 is 37.7. The van der Waals surface area contributed by atoms with Gasteiger partial charge in [0.05, 0.1) is 5.56 Å². The van der Waals surface area contributed by atoms with Crippen molar-refractivity contribution in [2.24, 2.45) is 0 Å². The molecule has 0 radical (unpaired) electrons. The molecule has 1 saturated carbocycles. The van der Waals surface area contributed by atoms with Crippen molar-refractivity contribution in [2.75, 3.05) is 0 Å². The third-order valence-electron chi connectivity index (χ3n) is 4.06. The Morgan fingerprint density at radius 3 is 2.48 bits per heavy atom. The van der Waals surface area contributed by atoms with Gasteiger partial charge in [0.2, 0.25) is 0 Å². The Bertz CT molecular complexity index is 712. The van der Waals surface area contributed by atoms with Crippen molar-refractivity contribution in [3.8, 4) is 0 Å². The number of nitrogens with one attached hydrogen (secondary N) is 2. The summed E-state index contributed by atoms with van der Waals surface area (Å²) in [6, 6.07) is 5.39. The molecular formula is C17H17F3N2O. The zero-order valence-corrected chi connectivity index (χ0v) is 12.6. The minimum Gasteiger partial charge on any atom is -0.357 e. The number of amides is 1. The summed E-state index contributed by atoms with van der Waals surface area (Å²) in [4.78, 5) is 15.0. The van der Waals surface area contributed by atoms with E-state index < -0.39 is 11.7 Å². The molecule has 0 saturated heterocycles. The molecule has 1 amide bonds. The molecule has 6 heteroatoms. The average molecular weight is 322 g/mol. The van der Waals surface area contributed by atoms with E-state index in [1.54, 1.807) is 6.20 Å². The van der Waals surface area contributed by atoms with Gasteiger partial charge in [-0.25, -0.2) is 0 Å². The van der Waals surface area contributed by atoms with E-state index in [1.807, 2.05) is 6.92 Å². The molecule has 1 aliphatic rings. The molecule has 1 fully saturated rings. The van der Waals surface area contributed by atoms with Crippen molar-refractivity contribution < 1.29 is 18.0 Å². The van der Waals surface area contributed by atoms with Gasteiger partial charge in [0.15, 0.2) is 0 Å². The van der Waals surface area contributed by atoms with Crippen molar-refractivity contribution in [2.45, 2.75) is 38.4 Å². The molecule has 0 spiro atoms. The summed E-state index contributed by atoms with van der Waals surface area (Å²) >= 11 is 0. The SMILES string of the molecule is Cc1c(Cc2ccc(C(F)(F)F)cc2)c[nH]c1C(=O)NC1CC1. The lowest BCUT2D eigenvalue weighted by molar-refractivity contribution is -0.137. The van der Waals surface area contributed by atoms with E-state index in [9.17, 15) is 18.0 Å². The minimum absolute atomic E-state index is 0.122. The Hall–Kier alpha value is -2.24. The van der Waals surface area contributed by atoms with E-state index in [1.165, 1.54) is 12.1 Å². The van der Waals surface area contributed by atoms with E-state index >= 15 is 0 Å². The number of carbonyl (C=O) groups is 1. The highest BCUT2D eigenvalue weighted by molar-refractivity contribution is 5.94. The zero-order chi connectivity index (χ0) is 16.6. The van der Waals surface area contributed by atoms with Gasteiger partial charge in [0.1, 0.15) is 5.69 Å². The fourth-order valence-electron chi connectivity index (χ4n) is 2.47. The van der Waals surface area contributed by atoms with Gasteiger partial charge in [-0.3, -0.25) is 4.79 Å². The topological polar surface area (TPSA) is 44.9 Å². The van der Waals surface area contributed by atoms with Crippen LogP contribution in [-0.4, -0.2) is 16.9 Å². The average Bonchev–Trinajstić information content (AvgIpc) is 3.22. The summed E-state index contributed by atoms with van der Waals surface area (Å²) in [5.74, 6) is -0.122. The number of alkyl halides is 3. The van der Waals surface area contributed by atoms with Gasteiger partial charge < -0.3 is 10.3 Å². The number of aromatic nitrogens is 1. The summed E-state index contributed by atoms with van der Waals surface area (Å²) in [6.45, 7) is 1.84. The van der Waals surface area contributed by atoms with Gasteiger partial charge in [-0.2, -0.15) is 13.2 Å².